The number of halogens is 1. The summed E-state index contributed by atoms with van der Waals surface area (Å²) in [7, 11) is 0. The van der Waals surface area contributed by atoms with Gasteiger partial charge in [-0.3, -0.25) is 4.90 Å². The molecule has 1 atom stereocenters. The first-order valence-corrected chi connectivity index (χ1v) is 10.7. The van der Waals surface area contributed by atoms with Gasteiger partial charge < -0.3 is 14.8 Å². The van der Waals surface area contributed by atoms with Crippen LogP contribution < -0.4 is 10.2 Å². The molecule has 0 bridgehead atoms. The van der Waals surface area contributed by atoms with Crippen LogP contribution in [-0.2, 0) is 19.6 Å². The van der Waals surface area contributed by atoms with Crippen LogP contribution in [-0.4, -0.2) is 52.4 Å². The molecule has 2 aromatic rings. The summed E-state index contributed by atoms with van der Waals surface area (Å²) in [4.78, 5) is 4.61. The van der Waals surface area contributed by atoms with E-state index in [0.717, 1.165) is 88.1 Å². The minimum absolute atomic E-state index is 0.0769. The van der Waals surface area contributed by atoms with E-state index in [9.17, 15) is 4.39 Å². The number of hydrogen-bond acceptors (Lipinski definition) is 5. The first-order chi connectivity index (χ1) is 13.8. The summed E-state index contributed by atoms with van der Waals surface area (Å²) < 4.78 is 17.0. The van der Waals surface area contributed by atoms with Gasteiger partial charge in [0.05, 0.1) is 12.2 Å². The Morgan fingerprint density at radius 2 is 1.96 bits per heavy atom. The second-order valence-corrected chi connectivity index (χ2v) is 8.36. The first kappa shape index (κ1) is 18.1. The molecule has 1 unspecified atom stereocenters. The van der Waals surface area contributed by atoms with Gasteiger partial charge in [-0.25, -0.2) is 4.39 Å². The summed E-state index contributed by atoms with van der Waals surface area (Å²) in [6.45, 7) is 7.54. The van der Waals surface area contributed by atoms with Crippen molar-refractivity contribution in [3.05, 3.63) is 41.2 Å². The van der Waals surface area contributed by atoms with E-state index in [2.05, 4.69) is 35.9 Å². The van der Waals surface area contributed by atoms with Gasteiger partial charge in [0.1, 0.15) is 17.5 Å². The van der Waals surface area contributed by atoms with Gasteiger partial charge >= 0.3 is 0 Å². The van der Waals surface area contributed by atoms with Crippen molar-refractivity contribution in [2.45, 2.75) is 51.2 Å². The predicted molar refractivity (Wildman–Crippen MR) is 107 cm³/mol. The standard InChI is InChI=1S/C21H29FN6/c22-18-12-16(5-6-19(18)27-9-1-2-10-27)14-26-8-3-4-17(15-26)21-25-24-20-13-23-7-11-28(20)21/h5-6,12,17,23H,1-4,7-11,13-15H2. The summed E-state index contributed by atoms with van der Waals surface area (Å²) in [5, 5.41) is 12.2. The quantitative estimate of drug-likeness (QED) is 0.878. The number of aromatic nitrogens is 3. The molecule has 0 radical (unpaired) electrons. The maximum absolute atomic E-state index is 14.7. The summed E-state index contributed by atoms with van der Waals surface area (Å²) in [6.07, 6.45) is 4.64. The van der Waals surface area contributed by atoms with Gasteiger partial charge in [0, 0.05) is 45.2 Å². The molecule has 28 heavy (non-hydrogen) atoms. The Morgan fingerprint density at radius 3 is 2.82 bits per heavy atom. The van der Waals surface area contributed by atoms with Crippen LogP contribution in [0.3, 0.4) is 0 Å². The minimum atomic E-state index is -0.0769. The third-order valence-electron chi connectivity index (χ3n) is 6.39. The largest absolute Gasteiger partial charge is 0.369 e. The average Bonchev–Trinajstić information content (AvgIpc) is 3.38. The highest BCUT2D eigenvalue weighted by atomic mass is 19.1. The Hall–Kier alpha value is -1.99. The number of likely N-dealkylation sites (tertiary alicyclic amines) is 1. The molecule has 1 N–H and O–H groups in total. The fourth-order valence-electron chi connectivity index (χ4n) is 4.95. The van der Waals surface area contributed by atoms with Crippen molar-refractivity contribution in [2.24, 2.45) is 0 Å². The average molecular weight is 385 g/mol. The summed E-state index contributed by atoms with van der Waals surface area (Å²) in [6, 6.07) is 5.81. The molecule has 3 aliphatic heterocycles. The number of nitrogens with one attached hydrogen (secondary N) is 1. The molecule has 0 spiro atoms. The van der Waals surface area contributed by atoms with E-state index in [0.29, 0.717) is 5.92 Å². The van der Waals surface area contributed by atoms with E-state index >= 15 is 0 Å². The van der Waals surface area contributed by atoms with Crippen LogP contribution in [0.15, 0.2) is 18.2 Å². The van der Waals surface area contributed by atoms with Crippen LogP contribution >= 0.6 is 0 Å². The summed E-state index contributed by atoms with van der Waals surface area (Å²) in [5.41, 5.74) is 1.83. The van der Waals surface area contributed by atoms with Crippen molar-refractivity contribution in [1.29, 1.82) is 0 Å². The zero-order valence-electron chi connectivity index (χ0n) is 16.4. The van der Waals surface area contributed by atoms with Gasteiger partial charge in [0.2, 0.25) is 0 Å². The predicted octanol–water partition coefficient (Wildman–Crippen LogP) is 2.50. The van der Waals surface area contributed by atoms with Crippen LogP contribution in [0.5, 0.6) is 0 Å². The number of piperidine rings is 1. The molecule has 3 aliphatic rings. The third-order valence-corrected chi connectivity index (χ3v) is 6.39. The fraction of sp³-hybridized carbons (Fsp3) is 0.619. The number of fused-ring (bicyclic) bond motifs is 1. The lowest BCUT2D eigenvalue weighted by Gasteiger charge is -2.33. The zero-order chi connectivity index (χ0) is 18.9. The van der Waals surface area contributed by atoms with Crippen molar-refractivity contribution in [2.75, 3.05) is 37.6 Å². The van der Waals surface area contributed by atoms with Gasteiger partial charge in [0.25, 0.3) is 0 Å². The summed E-state index contributed by atoms with van der Waals surface area (Å²) in [5.74, 6) is 2.53. The van der Waals surface area contributed by atoms with Crippen molar-refractivity contribution < 1.29 is 4.39 Å². The van der Waals surface area contributed by atoms with E-state index < -0.39 is 0 Å². The Morgan fingerprint density at radius 1 is 1.07 bits per heavy atom. The van der Waals surface area contributed by atoms with Crippen molar-refractivity contribution in [3.63, 3.8) is 0 Å². The molecule has 2 saturated heterocycles. The van der Waals surface area contributed by atoms with E-state index in [1.165, 1.54) is 12.8 Å². The Kier molecular flexibility index (Phi) is 5.03. The van der Waals surface area contributed by atoms with Crippen LogP contribution in [0.25, 0.3) is 0 Å². The SMILES string of the molecule is Fc1cc(CN2CCCC(c3nnc4n3CCNC4)C2)ccc1N1CCCC1. The molecule has 1 aromatic heterocycles. The lowest BCUT2D eigenvalue weighted by molar-refractivity contribution is 0.194. The number of anilines is 1. The second-order valence-electron chi connectivity index (χ2n) is 8.36. The lowest BCUT2D eigenvalue weighted by Crippen LogP contribution is -2.36. The van der Waals surface area contributed by atoms with Crippen LogP contribution in [0.4, 0.5) is 10.1 Å². The number of nitrogens with zero attached hydrogens (tertiary/aromatic N) is 5. The molecular weight excluding hydrogens is 355 g/mol. The first-order valence-electron chi connectivity index (χ1n) is 10.7. The van der Waals surface area contributed by atoms with Gasteiger partial charge in [-0.05, 0) is 49.9 Å². The van der Waals surface area contributed by atoms with Crippen molar-refractivity contribution in [3.8, 4) is 0 Å². The third kappa shape index (κ3) is 3.53. The molecular formula is C21H29FN6. The van der Waals surface area contributed by atoms with E-state index in [1.54, 1.807) is 6.07 Å². The number of benzene rings is 1. The van der Waals surface area contributed by atoms with Crippen molar-refractivity contribution >= 4 is 5.69 Å². The Labute approximate surface area is 165 Å². The number of hydrogen-bond donors (Lipinski definition) is 1. The highest BCUT2D eigenvalue weighted by Crippen LogP contribution is 2.29. The molecule has 4 heterocycles. The normalized spacial score (nSPS) is 23.2. The van der Waals surface area contributed by atoms with Gasteiger partial charge in [-0.1, -0.05) is 6.07 Å². The van der Waals surface area contributed by atoms with E-state index in [1.807, 2.05) is 6.07 Å². The molecule has 0 saturated carbocycles. The molecule has 1 aromatic carbocycles. The molecule has 6 nitrogen and oxygen atoms in total. The second kappa shape index (κ2) is 7.79. The van der Waals surface area contributed by atoms with Gasteiger partial charge in [0.15, 0.2) is 0 Å². The molecule has 5 rings (SSSR count). The molecule has 7 heteroatoms. The van der Waals surface area contributed by atoms with Crippen LogP contribution in [0.1, 0.15) is 48.8 Å². The number of rotatable bonds is 4. The smallest absolute Gasteiger partial charge is 0.147 e. The van der Waals surface area contributed by atoms with Crippen LogP contribution in [0.2, 0.25) is 0 Å². The zero-order valence-corrected chi connectivity index (χ0v) is 16.4. The maximum Gasteiger partial charge on any atom is 0.147 e. The highest BCUT2D eigenvalue weighted by Gasteiger charge is 2.28. The molecule has 0 amide bonds. The highest BCUT2D eigenvalue weighted by molar-refractivity contribution is 5.49. The Bertz CT molecular complexity index is 828. The molecule has 150 valence electrons. The van der Waals surface area contributed by atoms with E-state index in [-0.39, 0.29) is 5.82 Å². The molecule has 2 fully saturated rings. The minimum Gasteiger partial charge on any atom is -0.369 e. The van der Waals surface area contributed by atoms with Gasteiger partial charge in [-0.15, -0.1) is 10.2 Å². The Balaban J connectivity index is 1.27. The summed E-state index contributed by atoms with van der Waals surface area (Å²) >= 11 is 0. The van der Waals surface area contributed by atoms with E-state index in [4.69, 9.17) is 0 Å². The lowest BCUT2D eigenvalue weighted by atomic mass is 9.96. The van der Waals surface area contributed by atoms with Crippen molar-refractivity contribution in [1.82, 2.24) is 25.0 Å². The monoisotopic (exact) mass is 384 g/mol. The van der Waals surface area contributed by atoms with Crippen LogP contribution in [0, 0.1) is 5.82 Å². The topological polar surface area (TPSA) is 49.2 Å². The molecule has 0 aliphatic carbocycles. The van der Waals surface area contributed by atoms with Gasteiger partial charge in [-0.2, -0.15) is 0 Å². The maximum atomic E-state index is 14.7. The fourth-order valence-corrected chi connectivity index (χ4v) is 4.95.